The van der Waals surface area contributed by atoms with Crippen molar-refractivity contribution >= 4 is 24.0 Å². The number of nitrogens with one attached hydrogen (secondary N) is 2. The zero-order valence-electron chi connectivity index (χ0n) is 12.2. The molecule has 0 unspecified atom stereocenters. The Bertz CT molecular complexity index is 674. The lowest BCUT2D eigenvalue weighted by molar-refractivity contribution is -0.117. The highest BCUT2D eigenvalue weighted by molar-refractivity contribution is 6.02. The van der Waals surface area contributed by atoms with Crippen molar-refractivity contribution < 1.29 is 9.59 Å². The summed E-state index contributed by atoms with van der Waals surface area (Å²) in [5.74, 6) is -0.960. The fraction of sp³-hybridized carbons (Fsp3) is 0.125. The zero-order valence-corrected chi connectivity index (χ0v) is 12.2. The second kappa shape index (κ2) is 8.03. The molecule has 0 fully saturated rings. The topological polar surface area (TPSA) is 106 Å². The smallest absolute Gasteiger partial charge is 0.261 e. The van der Waals surface area contributed by atoms with Crippen molar-refractivity contribution in [1.29, 1.82) is 10.5 Å². The second-order valence-electron chi connectivity index (χ2n) is 4.17. The van der Waals surface area contributed by atoms with Gasteiger partial charge in [0, 0.05) is 14.1 Å². The number of likely N-dealkylation sites (N-methyl/N-ethyl adjacent to an activating group) is 2. The molecule has 0 spiro atoms. The molecule has 1 rings (SSSR count). The molecule has 0 saturated carbocycles. The van der Waals surface area contributed by atoms with Crippen LogP contribution in [-0.4, -0.2) is 25.9 Å². The van der Waals surface area contributed by atoms with Gasteiger partial charge in [0.1, 0.15) is 23.3 Å². The highest BCUT2D eigenvalue weighted by Gasteiger charge is 2.08. The Labute approximate surface area is 128 Å². The van der Waals surface area contributed by atoms with Gasteiger partial charge >= 0.3 is 0 Å². The molecule has 2 amide bonds. The van der Waals surface area contributed by atoms with E-state index in [1.165, 1.54) is 26.2 Å². The average molecular weight is 294 g/mol. The molecule has 0 saturated heterocycles. The molecule has 1 aromatic carbocycles. The number of amides is 2. The monoisotopic (exact) mass is 294 g/mol. The van der Waals surface area contributed by atoms with Crippen molar-refractivity contribution in [3.05, 3.63) is 46.5 Å². The molecule has 22 heavy (non-hydrogen) atoms. The van der Waals surface area contributed by atoms with E-state index in [1.54, 1.807) is 24.3 Å². The van der Waals surface area contributed by atoms with Crippen molar-refractivity contribution in [3.63, 3.8) is 0 Å². The van der Waals surface area contributed by atoms with Crippen molar-refractivity contribution in [2.24, 2.45) is 0 Å². The van der Waals surface area contributed by atoms with E-state index < -0.39 is 11.8 Å². The van der Waals surface area contributed by atoms with Crippen LogP contribution in [0.1, 0.15) is 11.1 Å². The fourth-order valence-corrected chi connectivity index (χ4v) is 1.64. The summed E-state index contributed by atoms with van der Waals surface area (Å²) in [6, 6.07) is 10.4. The van der Waals surface area contributed by atoms with Gasteiger partial charge in [-0.25, -0.2) is 0 Å². The number of benzene rings is 1. The summed E-state index contributed by atoms with van der Waals surface area (Å²) < 4.78 is 0. The first kappa shape index (κ1) is 16.7. The SMILES string of the molecule is CNC(=O)/C(C#N)=C/c1cccc(/C=C(\C#N)C(=O)NC)c1. The molecule has 0 aliphatic heterocycles. The molecule has 0 aromatic heterocycles. The molecule has 6 nitrogen and oxygen atoms in total. The summed E-state index contributed by atoms with van der Waals surface area (Å²) in [6.07, 6.45) is 2.87. The minimum Gasteiger partial charge on any atom is -0.354 e. The normalized spacial score (nSPS) is 11.1. The first-order chi connectivity index (χ1) is 10.5. The number of carbonyl (C=O) groups is 2. The van der Waals surface area contributed by atoms with Crippen LogP contribution in [0.4, 0.5) is 0 Å². The third-order valence-corrected chi connectivity index (χ3v) is 2.72. The molecule has 2 N–H and O–H groups in total. The maximum Gasteiger partial charge on any atom is 0.261 e. The lowest BCUT2D eigenvalue weighted by Gasteiger charge is -2.01. The van der Waals surface area contributed by atoms with Gasteiger partial charge < -0.3 is 10.6 Å². The third-order valence-electron chi connectivity index (χ3n) is 2.72. The first-order valence-electron chi connectivity index (χ1n) is 6.33. The van der Waals surface area contributed by atoms with Gasteiger partial charge in [-0.05, 0) is 29.3 Å². The number of rotatable bonds is 4. The fourth-order valence-electron chi connectivity index (χ4n) is 1.64. The van der Waals surface area contributed by atoms with Gasteiger partial charge in [0.15, 0.2) is 0 Å². The highest BCUT2D eigenvalue weighted by Crippen LogP contribution is 2.13. The molecule has 0 heterocycles. The van der Waals surface area contributed by atoms with Crippen molar-refractivity contribution in [2.45, 2.75) is 0 Å². The number of hydrogen-bond donors (Lipinski definition) is 2. The lowest BCUT2D eigenvalue weighted by atomic mass is 10.1. The minimum absolute atomic E-state index is 0.0320. The van der Waals surface area contributed by atoms with Crippen LogP contribution in [0.5, 0.6) is 0 Å². The van der Waals surface area contributed by atoms with Gasteiger partial charge in [0.25, 0.3) is 11.8 Å². The molecular formula is C16H14N4O2. The van der Waals surface area contributed by atoms with E-state index >= 15 is 0 Å². The average Bonchev–Trinajstić information content (AvgIpc) is 2.56. The van der Waals surface area contributed by atoms with Crippen molar-refractivity contribution in [1.82, 2.24) is 10.6 Å². The van der Waals surface area contributed by atoms with E-state index in [-0.39, 0.29) is 11.1 Å². The molecule has 110 valence electrons. The quantitative estimate of drug-likeness (QED) is 0.638. The lowest BCUT2D eigenvalue weighted by Crippen LogP contribution is -2.19. The Morgan fingerprint density at radius 1 is 0.955 bits per heavy atom. The van der Waals surface area contributed by atoms with Gasteiger partial charge in [0.05, 0.1) is 0 Å². The van der Waals surface area contributed by atoms with E-state index in [0.29, 0.717) is 11.1 Å². The zero-order chi connectivity index (χ0) is 16.5. The van der Waals surface area contributed by atoms with Gasteiger partial charge in [-0.1, -0.05) is 18.2 Å². The summed E-state index contributed by atoms with van der Waals surface area (Å²) in [4.78, 5) is 22.9. The van der Waals surface area contributed by atoms with Crippen molar-refractivity contribution in [2.75, 3.05) is 14.1 Å². The minimum atomic E-state index is -0.480. The number of nitrogens with zero attached hydrogens (tertiary/aromatic N) is 2. The molecule has 6 heteroatoms. The van der Waals surface area contributed by atoms with Crippen LogP contribution in [0.3, 0.4) is 0 Å². The Balaban J connectivity index is 3.21. The van der Waals surface area contributed by atoms with Crippen LogP contribution >= 0.6 is 0 Å². The Kier molecular flexibility index (Phi) is 6.09. The van der Waals surface area contributed by atoms with Crippen molar-refractivity contribution in [3.8, 4) is 12.1 Å². The Hall–Kier alpha value is -3.38. The van der Waals surface area contributed by atoms with E-state index in [2.05, 4.69) is 10.6 Å². The molecular weight excluding hydrogens is 280 g/mol. The van der Waals surface area contributed by atoms with Crippen LogP contribution in [0.25, 0.3) is 12.2 Å². The number of carbonyl (C=O) groups excluding carboxylic acids is 2. The summed E-state index contributed by atoms with van der Waals surface area (Å²) in [5, 5.41) is 22.7. The summed E-state index contributed by atoms with van der Waals surface area (Å²) in [7, 11) is 2.88. The van der Waals surface area contributed by atoms with E-state index in [1.807, 2.05) is 12.1 Å². The van der Waals surface area contributed by atoms with E-state index in [9.17, 15) is 9.59 Å². The van der Waals surface area contributed by atoms with Crippen LogP contribution in [0, 0.1) is 22.7 Å². The summed E-state index contributed by atoms with van der Waals surface area (Å²) >= 11 is 0. The largest absolute Gasteiger partial charge is 0.354 e. The van der Waals surface area contributed by atoms with E-state index in [0.717, 1.165) is 0 Å². The molecule has 0 bridgehead atoms. The van der Waals surface area contributed by atoms with Crippen LogP contribution < -0.4 is 10.6 Å². The van der Waals surface area contributed by atoms with Gasteiger partial charge in [0.2, 0.25) is 0 Å². The predicted octanol–water partition coefficient (Wildman–Crippen LogP) is 0.993. The number of nitriles is 2. The predicted molar refractivity (Wildman–Crippen MR) is 81.8 cm³/mol. The standard InChI is InChI=1S/C16H14N4O2/c1-19-15(21)13(9-17)7-11-4-3-5-12(6-11)8-14(10-18)16(22)20-2/h3-8H,1-2H3,(H,19,21)(H,20,22)/b13-7+,14-8+. The number of hydrogen-bond acceptors (Lipinski definition) is 4. The molecule has 0 aliphatic rings. The van der Waals surface area contributed by atoms with Gasteiger partial charge in [-0.15, -0.1) is 0 Å². The Morgan fingerprint density at radius 2 is 1.36 bits per heavy atom. The maximum absolute atomic E-state index is 11.5. The summed E-state index contributed by atoms with van der Waals surface area (Å²) in [6.45, 7) is 0. The van der Waals surface area contributed by atoms with E-state index in [4.69, 9.17) is 10.5 Å². The van der Waals surface area contributed by atoms with Crippen LogP contribution in [0.15, 0.2) is 35.4 Å². The molecule has 1 aromatic rings. The second-order valence-corrected chi connectivity index (χ2v) is 4.17. The van der Waals surface area contributed by atoms with Crippen LogP contribution in [-0.2, 0) is 9.59 Å². The highest BCUT2D eigenvalue weighted by atomic mass is 16.2. The Morgan fingerprint density at radius 3 is 1.68 bits per heavy atom. The molecule has 0 radical (unpaired) electrons. The maximum atomic E-state index is 11.5. The van der Waals surface area contributed by atoms with Gasteiger partial charge in [-0.2, -0.15) is 10.5 Å². The third kappa shape index (κ3) is 4.32. The molecule has 0 atom stereocenters. The molecule has 0 aliphatic carbocycles. The first-order valence-corrected chi connectivity index (χ1v) is 6.33. The summed E-state index contributed by atoms with van der Waals surface area (Å²) in [5.41, 5.74) is 1.16. The van der Waals surface area contributed by atoms with Crippen LogP contribution in [0.2, 0.25) is 0 Å². The van der Waals surface area contributed by atoms with Gasteiger partial charge in [-0.3, -0.25) is 9.59 Å².